The molecule has 204 valence electrons. The number of nitrogens with one attached hydrogen (secondary N) is 1. The lowest BCUT2D eigenvalue weighted by atomic mass is 10.0. The van der Waals surface area contributed by atoms with Crippen LogP contribution in [0.2, 0.25) is 0 Å². The standard InChI is InChI=1S/C28H41N3O5S/c1-7-24(28(33)29-19-21(2)3)30(20-23-14-9-8-13-22(23)4)27(32)17-12-18-31(37(6,34)35)25-15-10-11-16-26(25)36-5/h8-11,13-16,21,24H,7,12,17-20H2,1-6H3,(H,29,33)/t24-/m1/s1. The highest BCUT2D eigenvalue weighted by atomic mass is 32.2. The summed E-state index contributed by atoms with van der Waals surface area (Å²) in [6.45, 7) is 8.87. The predicted octanol–water partition coefficient (Wildman–Crippen LogP) is 4.13. The van der Waals surface area contributed by atoms with Gasteiger partial charge in [-0.1, -0.05) is 57.2 Å². The molecule has 0 aliphatic carbocycles. The van der Waals surface area contributed by atoms with E-state index in [1.807, 2.05) is 52.0 Å². The van der Waals surface area contributed by atoms with Crippen LogP contribution < -0.4 is 14.4 Å². The second-order valence-electron chi connectivity index (χ2n) is 9.62. The molecule has 0 fully saturated rings. The molecule has 1 atom stereocenters. The normalized spacial score (nSPS) is 12.2. The molecule has 0 bridgehead atoms. The van der Waals surface area contributed by atoms with Gasteiger partial charge in [0.2, 0.25) is 21.8 Å². The van der Waals surface area contributed by atoms with Gasteiger partial charge in [-0.3, -0.25) is 13.9 Å². The lowest BCUT2D eigenvalue weighted by Gasteiger charge is -2.32. The molecule has 2 aromatic carbocycles. The zero-order valence-corrected chi connectivity index (χ0v) is 23.7. The highest BCUT2D eigenvalue weighted by molar-refractivity contribution is 7.92. The van der Waals surface area contributed by atoms with Crippen LogP contribution >= 0.6 is 0 Å². The first-order valence-electron chi connectivity index (χ1n) is 12.7. The second kappa shape index (κ2) is 14.0. The Hall–Kier alpha value is -3.07. The molecule has 0 aliphatic rings. The van der Waals surface area contributed by atoms with E-state index in [1.54, 1.807) is 29.2 Å². The Kier molecular flexibility index (Phi) is 11.4. The summed E-state index contributed by atoms with van der Waals surface area (Å²) >= 11 is 0. The molecular formula is C28H41N3O5S. The summed E-state index contributed by atoms with van der Waals surface area (Å²) in [5.74, 6) is 0.362. The summed E-state index contributed by atoms with van der Waals surface area (Å²) in [6.07, 6.45) is 2.00. The van der Waals surface area contributed by atoms with Crippen LogP contribution in [-0.2, 0) is 26.2 Å². The zero-order valence-electron chi connectivity index (χ0n) is 22.9. The van der Waals surface area contributed by atoms with Crippen LogP contribution in [0.5, 0.6) is 5.75 Å². The SMILES string of the molecule is CC[C@H](C(=O)NCC(C)C)N(Cc1ccccc1C)C(=O)CCCN(c1ccccc1OC)S(C)(=O)=O. The van der Waals surface area contributed by atoms with Crippen molar-refractivity contribution in [2.45, 2.75) is 59.5 Å². The Morgan fingerprint density at radius 1 is 1.05 bits per heavy atom. The molecule has 0 saturated carbocycles. The number of aryl methyl sites for hydroxylation is 1. The van der Waals surface area contributed by atoms with E-state index < -0.39 is 16.1 Å². The van der Waals surface area contributed by atoms with E-state index in [0.717, 1.165) is 17.4 Å². The maximum atomic E-state index is 13.5. The summed E-state index contributed by atoms with van der Waals surface area (Å²) in [4.78, 5) is 28.2. The van der Waals surface area contributed by atoms with E-state index in [2.05, 4.69) is 5.32 Å². The fraction of sp³-hybridized carbons (Fsp3) is 0.500. The molecule has 2 rings (SSSR count). The fourth-order valence-corrected chi connectivity index (χ4v) is 5.10. The number of carbonyl (C=O) groups excluding carboxylic acids is 2. The molecule has 0 heterocycles. The van der Waals surface area contributed by atoms with Crippen LogP contribution in [-0.4, -0.2) is 57.6 Å². The highest BCUT2D eigenvalue weighted by Crippen LogP contribution is 2.30. The van der Waals surface area contributed by atoms with Crippen molar-refractivity contribution in [2.75, 3.05) is 30.8 Å². The van der Waals surface area contributed by atoms with Gasteiger partial charge in [0.05, 0.1) is 19.1 Å². The van der Waals surface area contributed by atoms with Crippen molar-refractivity contribution in [1.29, 1.82) is 0 Å². The molecule has 8 nitrogen and oxygen atoms in total. The van der Waals surface area contributed by atoms with E-state index in [9.17, 15) is 18.0 Å². The maximum absolute atomic E-state index is 13.5. The third-order valence-electron chi connectivity index (χ3n) is 6.18. The van der Waals surface area contributed by atoms with Gasteiger partial charge in [-0.2, -0.15) is 0 Å². The average molecular weight is 532 g/mol. The van der Waals surface area contributed by atoms with Crippen molar-refractivity contribution in [3.63, 3.8) is 0 Å². The first-order chi connectivity index (χ1) is 17.5. The lowest BCUT2D eigenvalue weighted by molar-refractivity contribution is -0.141. The van der Waals surface area contributed by atoms with Crippen molar-refractivity contribution in [1.82, 2.24) is 10.2 Å². The van der Waals surface area contributed by atoms with Gasteiger partial charge >= 0.3 is 0 Å². The van der Waals surface area contributed by atoms with Crippen LogP contribution in [0.15, 0.2) is 48.5 Å². The number of para-hydroxylation sites is 2. The summed E-state index contributed by atoms with van der Waals surface area (Å²) in [5, 5.41) is 2.96. The number of ether oxygens (including phenoxy) is 1. The predicted molar refractivity (Wildman–Crippen MR) is 148 cm³/mol. The van der Waals surface area contributed by atoms with Gasteiger partial charge in [0.1, 0.15) is 11.8 Å². The van der Waals surface area contributed by atoms with Gasteiger partial charge in [-0.05, 0) is 48.9 Å². The molecule has 2 amide bonds. The molecule has 0 aromatic heterocycles. The number of nitrogens with zero attached hydrogens (tertiary/aromatic N) is 2. The number of sulfonamides is 1. The Morgan fingerprint density at radius 2 is 1.70 bits per heavy atom. The van der Waals surface area contributed by atoms with E-state index in [0.29, 0.717) is 36.9 Å². The monoisotopic (exact) mass is 531 g/mol. The minimum atomic E-state index is -3.61. The quantitative estimate of drug-likeness (QED) is 0.396. The molecule has 2 aromatic rings. The highest BCUT2D eigenvalue weighted by Gasteiger charge is 2.29. The largest absolute Gasteiger partial charge is 0.495 e. The maximum Gasteiger partial charge on any atom is 0.242 e. The summed E-state index contributed by atoms with van der Waals surface area (Å²) in [5.41, 5.74) is 2.44. The number of hydrogen-bond acceptors (Lipinski definition) is 5. The molecule has 0 spiro atoms. The van der Waals surface area contributed by atoms with Crippen molar-refractivity contribution >= 4 is 27.5 Å². The van der Waals surface area contributed by atoms with Crippen molar-refractivity contribution < 1.29 is 22.7 Å². The van der Waals surface area contributed by atoms with Crippen LogP contribution in [0.3, 0.4) is 0 Å². The Bertz CT molecular complexity index is 1150. The minimum Gasteiger partial charge on any atom is -0.495 e. The van der Waals surface area contributed by atoms with Crippen LogP contribution in [0.4, 0.5) is 5.69 Å². The summed E-state index contributed by atoms with van der Waals surface area (Å²) in [7, 11) is -2.12. The zero-order chi connectivity index (χ0) is 27.6. The number of amides is 2. The minimum absolute atomic E-state index is 0.0982. The molecule has 0 saturated heterocycles. The molecular weight excluding hydrogens is 490 g/mol. The van der Waals surface area contributed by atoms with E-state index in [4.69, 9.17) is 4.74 Å². The van der Waals surface area contributed by atoms with Crippen LogP contribution in [0, 0.1) is 12.8 Å². The van der Waals surface area contributed by atoms with E-state index in [1.165, 1.54) is 11.4 Å². The molecule has 37 heavy (non-hydrogen) atoms. The molecule has 0 radical (unpaired) electrons. The molecule has 1 N–H and O–H groups in total. The van der Waals surface area contributed by atoms with Gasteiger partial charge in [0.25, 0.3) is 0 Å². The first-order valence-corrected chi connectivity index (χ1v) is 14.6. The molecule has 9 heteroatoms. The third kappa shape index (κ3) is 8.77. The van der Waals surface area contributed by atoms with Crippen LogP contribution in [0.1, 0.15) is 51.2 Å². The first kappa shape index (κ1) is 30.2. The number of anilines is 1. The van der Waals surface area contributed by atoms with Gasteiger partial charge in [0, 0.05) is 26.1 Å². The number of benzene rings is 2. The number of rotatable bonds is 14. The van der Waals surface area contributed by atoms with Crippen molar-refractivity contribution in [3.8, 4) is 5.75 Å². The van der Waals surface area contributed by atoms with Crippen LogP contribution in [0.25, 0.3) is 0 Å². The van der Waals surface area contributed by atoms with Gasteiger partial charge in [-0.25, -0.2) is 8.42 Å². The van der Waals surface area contributed by atoms with E-state index >= 15 is 0 Å². The summed E-state index contributed by atoms with van der Waals surface area (Å²) < 4.78 is 31.8. The van der Waals surface area contributed by atoms with Crippen molar-refractivity contribution in [3.05, 3.63) is 59.7 Å². The lowest BCUT2D eigenvalue weighted by Crippen LogP contribution is -2.49. The fourth-order valence-electron chi connectivity index (χ4n) is 4.13. The average Bonchev–Trinajstić information content (AvgIpc) is 2.85. The van der Waals surface area contributed by atoms with E-state index in [-0.39, 0.29) is 31.2 Å². The Labute approximate surface area is 222 Å². The molecule has 0 unspecified atom stereocenters. The third-order valence-corrected chi connectivity index (χ3v) is 7.36. The smallest absolute Gasteiger partial charge is 0.242 e. The van der Waals surface area contributed by atoms with Gasteiger partial charge in [-0.15, -0.1) is 0 Å². The number of carbonyl (C=O) groups is 2. The van der Waals surface area contributed by atoms with Crippen molar-refractivity contribution in [2.24, 2.45) is 5.92 Å². The second-order valence-corrected chi connectivity index (χ2v) is 11.5. The van der Waals surface area contributed by atoms with Gasteiger partial charge in [0.15, 0.2) is 0 Å². The number of methoxy groups -OCH3 is 1. The number of hydrogen-bond donors (Lipinski definition) is 1. The Balaban J connectivity index is 2.25. The summed E-state index contributed by atoms with van der Waals surface area (Å²) in [6, 6.07) is 14.1. The Morgan fingerprint density at radius 3 is 2.30 bits per heavy atom. The van der Waals surface area contributed by atoms with Gasteiger partial charge < -0.3 is 15.0 Å². The topological polar surface area (TPSA) is 96.0 Å². The molecule has 0 aliphatic heterocycles.